The van der Waals surface area contributed by atoms with Crippen molar-refractivity contribution in [3.8, 4) is 11.4 Å². The van der Waals surface area contributed by atoms with Crippen LogP contribution in [0.15, 0.2) is 54.7 Å². The minimum absolute atomic E-state index is 0.0243. The summed E-state index contributed by atoms with van der Waals surface area (Å²) in [6, 6.07) is 12.8. The monoisotopic (exact) mass is 435 g/mol. The molecule has 1 aromatic heterocycles. The van der Waals surface area contributed by atoms with Crippen LogP contribution in [-0.4, -0.2) is 28.1 Å². The lowest BCUT2D eigenvalue weighted by Crippen LogP contribution is -2.38. The normalized spacial score (nSPS) is 16.8. The standard InChI is InChI=1S/C25H26FN3O3/c1-16(30)17-7-9-20(10-8-17)32-15-24(31)28-22-12-25(2,3)13-23-21(22)14-27-29(23)19-6-4-5-18(26)11-19/h4-11,14,22H,12-13,15H2,1-3H3,(H,28,31)/t22-/m0/s1. The van der Waals surface area contributed by atoms with Gasteiger partial charge in [0, 0.05) is 11.1 Å². The molecule has 3 aromatic rings. The van der Waals surface area contributed by atoms with Gasteiger partial charge in [0.25, 0.3) is 5.91 Å². The van der Waals surface area contributed by atoms with E-state index in [-0.39, 0.29) is 35.6 Å². The number of hydrogen-bond acceptors (Lipinski definition) is 4. The number of fused-ring (bicyclic) bond motifs is 1. The molecule has 1 aliphatic rings. The summed E-state index contributed by atoms with van der Waals surface area (Å²) in [5.41, 5.74) is 3.09. The van der Waals surface area contributed by atoms with Crippen molar-refractivity contribution in [2.75, 3.05) is 6.61 Å². The molecule has 7 heteroatoms. The van der Waals surface area contributed by atoms with Gasteiger partial charge in [-0.05, 0) is 67.6 Å². The van der Waals surface area contributed by atoms with Crippen LogP contribution in [0.2, 0.25) is 0 Å². The van der Waals surface area contributed by atoms with Crippen molar-refractivity contribution < 1.29 is 18.7 Å². The lowest BCUT2D eigenvalue weighted by Gasteiger charge is -2.36. The molecule has 2 aromatic carbocycles. The van der Waals surface area contributed by atoms with Crippen molar-refractivity contribution in [2.45, 2.75) is 39.7 Å². The molecule has 0 saturated heterocycles. The zero-order valence-corrected chi connectivity index (χ0v) is 18.4. The fourth-order valence-corrected chi connectivity index (χ4v) is 4.17. The van der Waals surface area contributed by atoms with E-state index in [0.717, 1.165) is 24.1 Å². The highest BCUT2D eigenvalue weighted by atomic mass is 19.1. The smallest absolute Gasteiger partial charge is 0.258 e. The van der Waals surface area contributed by atoms with Crippen LogP contribution >= 0.6 is 0 Å². The Hall–Kier alpha value is -3.48. The summed E-state index contributed by atoms with van der Waals surface area (Å²) >= 11 is 0. The van der Waals surface area contributed by atoms with Gasteiger partial charge in [-0.3, -0.25) is 9.59 Å². The van der Waals surface area contributed by atoms with Gasteiger partial charge in [0.1, 0.15) is 11.6 Å². The summed E-state index contributed by atoms with van der Waals surface area (Å²) in [6.07, 6.45) is 3.28. The molecular formula is C25H26FN3O3. The first-order valence-corrected chi connectivity index (χ1v) is 10.6. The second-order valence-electron chi connectivity index (χ2n) is 8.97. The van der Waals surface area contributed by atoms with Gasteiger partial charge < -0.3 is 10.1 Å². The second-order valence-corrected chi connectivity index (χ2v) is 8.97. The van der Waals surface area contributed by atoms with Crippen molar-refractivity contribution in [1.82, 2.24) is 15.1 Å². The lowest BCUT2D eigenvalue weighted by atomic mass is 9.74. The highest BCUT2D eigenvalue weighted by Crippen LogP contribution is 2.41. The van der Waals surface area contributed by atoms with Gasteiger partial charge in [-0.15, -0.1) is 0 Å². The molecule has 1 N–H and O–H groups in total. The van der Waals surface area contributed by atoms with Gasteiger partial charge in [0.2, 0.25) is 0 Å². The SMILES string of the molecule is CC(=O)c1ccc(OCC(=O)N[C@H]2CC(C)(C)Cc3c2cnn3-c2cccc(F)c2)cc1. The topological polar surface area (TPSA) is 73.2 Å². The molecule has 166 valence electrons. The second kappa shape index (κ2) is 8.57. The third-order valence-electron chi connectivity index (χ3n) is 5.70. The summed E-state index contributed by atoms with van der Waals surface area (Å²) in [5, 5.41) is 7.55. The molecule has 1 heterocycles. The lowest BCUT2D eigenvalue weighted by molar-refractivity contribution is -0.124. The van der Waals surface area contributed by atoms with E-state index >= 15 is 0 Å². The molecule has 1 amide bonds. The largest absolute Gasteiger partial charge is 0.484 e. The number of carbonyl (C=O) groups is 2. The van der Waals surface area contributed by atoms with Gasteiger partial charge in [-0.2, -0.15) is 5.10 Å². The Morgan fingerprint density at radius 2 is 1.97 bits per heavy atom. The fourth-order valence-electron chi connectivity index (χ4n) is 4.17. The van der Waals surface area contributed by atoms with Crippen molar-refractivity contribution >= 4 is 11.7 Å². The van der Waals surface area contributed by atoms with Gasteiger partial charge in [-0.1, -0.05) is 19.9 Å². The van der Waals surface area contributed by atoms with Crippen molar-refractivity contribution in [3.63, 3.8) is 0 Å². The molecule has 0 bridgehead atoms. The number of halogens is 1. The molecule has 0 radical (unpaired) electrons. The van der Waals surface area contributed by atoms with Gasteiger partial charge in [-0.25, -0.2) is 9.07 Å². The van der Waals surface area contributed by atoms with Crippen LogP contribution in [0.3, 0.4) is 0 Å². The molecule has 1 atom stereocenters. The number of ether oxygens (including phenoxy) is 1. The Kier molecular flexibility index (Phi) is 5.82. The third kappa shape index (κ3) is 4.72. The number of rotatable bonds is 6. The van der Waals surface area contributed by atoms with Crippen LogP contribution in [0, 0.1) is 11.2 Å². The number of hydrogen-bond donors (Lipinski definition) is 1. The highest BCUT2D eigenvalue weighted by Gasteiger charge is 2.36. The maximum absolute atomic E-state index is 13.7. The van der Waals surface area contributed by atoms with E-state index in [4.69, 9.17) is 4.74 Å². The zero-order chi connectivity index (χ0) is 22.9. The van der Waals surface area contributed by atoms with Crippen molar-refractivity contribution in [2.24, 2.45) is 5.41 Å². The zero-order valence-electron chi connectivity index (χ0n) is 18.4. The number of nitrogens with zero attached hydrogens (tertiary/aromatic N) is 2. The van der Waals surface area contributed by atoms with E-state index in [1.54, 1.807) is 41.2 Å². The summed E-state index contributed by atoms with van der Waals surface area (Å²) in [7, 11) is 0. The van der Waals surface area contributed by atoms with Crippen LogP contribution in [0.1, 0.15) is 54.8 Å². The van der Waals surface area contributed by atoms with Crippen LogP contribution in [0.4, 0.5) is 4.39 Å². The Balaban J connectivity index is 1.48. The predicted octanol–water partition coefficient (Wildman–Crippen LogP) is 4.42. The average molecular weight is 435 g/mol. The highest BCUT2D eigenvalue weighted by molar-refractivity contribution is 5.94. The molecule has 0 aliphatic heterocycles. The van der Waals surface area contributed by atoms with Crippen LogP contribution < -0.4 is 10.1 Å². The molecule has 4 rings (SSSR count). The average Bonchev–Trinajstić information content (AvgIpc) is 3.15. The van der Waals surface area contributed by atoms with Crippen molar-refractivity contribution in [3.05, 3.63) is 77.4 Å². The summed E-state index contributed by atoms with van der Waals surface area (Å²) in [5.74, 6) is -0.0644. The molecule has 32 heavy (non-hydrogen) atoms. The molecule has 6 nitrogen and oxygen atoms in total. The van der Waals surface area contributed by atoms with Crippen molar-refractivity contribution in [1.29, 1.82) is 0 Å². The number of ketones is 1. The van der Waals surface area contributed by atoms with Gasteiger partial charge in [0.05, 0.1) is 23.6 Å². The van der Waals surface area contributed by atoms with Gasteiger partial charge in [0.15, 0.2) is 12.4 Å². The predicted molar refractivity (Wildman–Crippen MR) is 118 cm³/mol. The maximum atomic E-state index is 13.7. The van der Waals surface area contributed by atoms with E-state index in [1.807, 2.05) is 6.07 Å². The summed E-state index contributed by atoms with van der Waals surface area (Å²) in [6.45, 7) is 5.65. The van der Waals surface area contributed by atoms with Crippen LogP contribution in [0.5, 0.6) is 5.75 Å². The van der Waals surface area contributed by atoms with Gasteiger partial charge >= 0.3 is 0 Å². The first-order chi connectivity index (χ1) is 15.2. The van der Waals surface area contributed by atoms with E-state index in [9.17, 15) is 14.0 Å². The minimum atomic E-state index is -0.319. The molecule has 1 aliphatic carbocycles. The minimum Gasteiger partial charge on any atom is -0.484 e. The number of Topliss-reactive ketones (excluding diaryl/α,β-unsaturated/α-hetero) is 1. The molecule has 0 unspecified atom stereocenters. The number of carbonyl (C=O) groups excluding carboxylic acids is 2. The van der Waals surface area contributed by atoms with Crippen LogP contribution in [0.25, 0.3) is 5.69 Å². The number of nitrogens with one attached hydrogen (secondary N) is 1. The quantitative estimate of drug-likeness (QED) is 0.582. The maximum Gasteiger partial charge on any atom is 0.258 e. The first kappa shape index (κ1) is 21.7. The Labute approximate surface area is 186 Å². The number of benzene rings is 2. The van der Waals surface area contributed by atoms with Crippen LogP contribution in [-0.2, 0) is 11.2 Å². The third-order valence-corrected chi connectivity index (χ3v) is 5.70. The van der Waals surface area contributed by atoms with E-state index in [0.29, 0.717) is 17.0 Å². The number of amides is 1. The number of aromatic nitrogens is 2. The summed E-state index contributed by atoms with van der Waals surface area (Å²) < 4.78 is 21.1. The molecule has 0 spiro atoms. The molecule has 0 fully saturated rings. The molecule has 0 saturated carbocycles. The first-order valence-electron chi connectivity index (χ1n) is 10.6. The van der Waals surface area contributed by atoms with E-state index in [1.165, 1.54) is 19.1 Å². The van der Waals surface area contributed by atoms with E-state index < -0.39 is 0 Å². The Morgan fingerprint density at radius 3 is 2.66 bits per heavy atom. The Bertz CT molecular complexity index is 1150. The molecular weight excluding hydrogens is 409 g/mol. The van der Waals surface area contributed by atoms with E-state index in [2.05, 4.69) is 24.3 Å². The Morgan fingerprint density at radius 1 is 1.22 bits per heavy atom. The summed E-state index contributed by atoms with van der Waals surface area (Å²) in [4.78, 5) is 24.0. The fraction of sp³-hybridized carbons (Fsp3) is 0.320.